The molecule has 98 valence electrons. The van der Waals surface area contributed by atoms with Gasteiger partial charge in [0, 0.05) is 30.2 Å². The van der Waals surface area contributed by atoms with Gasteiger partial charge >= 0.3 is 0 Å². The van der Waals surface area contributed by atoms with Gasteiger partial charge in [-0.05, 0) is 30.5 Å². The molecule has 1 aromatic heterocycles. The zero-order chi connectivity index (χ0) is 13.2. The lowest BCUT2D eigenvalue weighted by molar-refractivity contribution is 0.229. The zero-order valence-corrected chi connectivity index (χ0v) is 12.0. The fraction of sp³-hybridized carbons (Fsp3) is 0.500. The molecule has 0 atom stereocenters. The lowest BCUT2D eigenvalue weighted by atomic mass is 9.96. The summed E-state index contributed by atoms with van der Waals surface area (Å²) in [7, 11) is 2.21. The molecule has 1 aromatic carbocycles. The van der Waals surface area contributed by atoms with Crippen LogP contribution in [0.3, 0.4) is 0 Å². The SMILES string of the molecule is CN(CCc1c[nH]c2ccccc12)CC(C)(C)C. The number of aromatic amines is 1. The van der Waals surface area contributed by atoms with E-state index in [4.69, 9.17) is 0 Å². The van der Waals surface area contributed by atoms with Gasteiger partial charge in [0.2, 0.25) is 0 Å². The Balaban J connectivity index is 1.98. The van der Waals surface area contributed by atoms with Crippen LogP contribution in [0.5, 0.6) is 0 Å². The topological polar surface area (TPSA) is 19.0 Å². The predicted octanol–water partition coefficient (Wildman–Crippen LogP) is 3.69. The fourth-order valence-corrected chi connectivity index (χ4v) is 2.54. The molecule has 0 radical (unpaired) electrons. The summed E-state index contributed by atoms with van der Waals surface area (Å²) in [6.45, 7) is 9.11. The van der Waals surface area contributed by atoms with Gasteiger partial charge in [0.15, 0.2) is 0 Å². The predicted molar refractivity (Wildman–Crippen MR) is 79.0 cm³/mol. The van der Waals surface area contributed by atoms with Crippen LogP contribution in [0.4, 0.5) is 0 Å². The molecule has 0 bridgehead atoms. The number of rotatable bonds is 4. The van der Waals surface area contributed by atoms with Crippen molar-refractivity contribution >= 4 is 10.9 Å². The van der Waals surface area contributed by atoms with Crippen LogP contribution in [0.1, 0.15) is 26.3 Å². The molecule has 2 rings (SSSR count). The second-order valence-electron chi connectivity index (χ2n) is 6.41. The Kier molecular flexibility index (Phi) is 3.76. The lowest BCUT2D eigenvalue weighted by Crippen LogP contribution is -2.30. The van der Waals surface area contributed by atoms with E-state index in [-0.39, 0.29) is 0 Å². The van der Waals surface area contributed by atoms with Gasteiger partial charge in [0.1, 0.15) is 0 Å². The Hall–Kier alpha value is -1.28. The van der Waals surface area contributed by atoms with Crippen molar-refractivity contribution in [2.24, 2.45) is 5.41 Å². The second-order valence-corrected chi connectivity index (χ2v) is 6.41. The fourth-order valence-electron chi connectivity index (χ4n) is 2.54. The van der Waals surface area contributed by atoms with Crippen LogP contribution in [-0.2, 0) is 6.42 Å². The Morgan fingerprint density at radius 3 is 2.61 bits per heavy atom. The number of benzene rings is 1. The van der Waals surface area contributed by atoms with Gasteiger partial charge in [0.25, 0.3) is 0 Å². The number of hydrogen-bond acceptors (Lipinski definition) is 1. The molecule has 1 heterocycles. The third kappa shape index (κ3) is 3.36. The van der Waals surface area contributed by atoms with Crippen LogP contribution in [0.15, 0.2) is 30.5 Å². The largest absolute Gasteiger partial charge is 0.361 e. The number of aromatic nitrogens is 1. The summed E-state index contributed by atoms with van der Waals surface area (Å²) >= 11 is 0. The second kappa shape index (κ2) is 5.15. The quantitative estimate of drug-likeness (QED) is 0.869. The number of fused-ring (bicyclic) bond motifs is 1. The number of para-hydroxylation sites is 1. The summed E-state index contributed by atoms with van der Waals surface area (Å²) in [5, 5.41) is 1.36. The number of nitrogens with one attached hydrogen (secondary N) is 1. The van der Waals surface area contributed by atoms with E-state index in [1.54, 1.807) is 0 Å². The monoisotopic (exact) mass is 244 g/mol. The van der Waals surface area contributed by atoms with Crippen LogP contribution in [0.25, 0.3) is 10.9 Å². The molecule has 0 saturated carbocycles. The van der Waals surface area contributed by atoms with Crippen molar-refractivity contribution in [3.8, 4) is 0 Å². The van der Waals surface area contributed by atoms with Crippen LogP contribution < -0.4 is 0 Å². The highest BCUT2D eigenvalue weighted by atomic mass is 15.1. The Bertz CT molecular complexity index is 505. The number of hydrogen-bond donors (Lipinski definition) is 1. The maximum atomic E-state index is 3.34. The minimum Gasteiger partial charge on any atom is -0.361 e. The van der Waals surface area contributed by atoms with Crippen molar-refractivity contribution in [3.05, 3.63) is 36.0 Å². The van der Waals surface area contributed by atoms with Crippen LogP contribution >= 0.6 is 0 Å². The van der Waals surface area contributed by atoms with Crippen molar-refractivity contribution in [2.45, 2.75) is 27.2 Å². The summed E-state index contributed by atoms with van der Waals surface area (Å²) in [5.41, 5.74) is 3.03. The van der Waals surface area contributed by atoms with Crippen molar-refractivity contribution in [2.75, 3.05) is 20.1 Å². The molecule has 18 heavy (non-hydrogen) atoms. The molecule has 1 N–H and O–H groups in total. The average molecular weight is 244 g/mol. The van der Waals surface area contributed by atoms with Crippen LogP contribution in [-0.4, -0.2) is 30.0 Å². The first kappa shape index (κ1) is 13.2. The standard InChI is InChI=1S/C16H24N2/c1-16(2,3)12-18(4)10-9-13-11-17-15-8-6-5-7-14(13)15/h5-8,11,17H,9-10,12H2,1-4H3. The van der Waals surface area contributed by atoms with E-state index in [0.717, 1.165) is 19.5 Å². The first-order valence-electron chi connectivity index (χ1n) is 6.69. The summed E-state index contributed by atoms with van der Waals surface area (Å²) in [6, 6.07) is 8.52. The number of nitrogens with zero attached hydrogens (tertiary/aromatic N) is 1. The molecular weight excluding hydrogens is 220 g/mol. The highest BCUT2D eigenvalue weighted by Gasteiger charge is 2.13. The van der Waals surface area contributed by atoms with Crippen molar-refractivity contribution in [3.63, 3.8) is 0 Å². The van der Waals surface area contributed by atoms with Gasteiger partial charge in [-0.15, -0.1) is 0 Å². The molecule has 2 heteroatoms. The minimum atomic E-state index is 0.370. The van der Waals surface area contributed by atoms with Gasteiger partial charge in [0.05, 0.1) is 0 Å². The Labute approximate surface area is 110 Å². The third-order valence-electron chi connectivity index (χ3n) is 3.18. The Morgan fingerprint density at radius 2 is 1.89 bits per heavy atom. The van der Waals surface area contributed by atoms with Gasteiger partial charge in [-0.25, -0.2) is 0 Å². The van der Waals surface area contributed by atoms with Crippen molar-refractivity contribution in [1.82, 2.24) is 9.88 Å². The van der Waals surface area contributed by atoms with Crippen LogP contribution in [0, 0.1) is 5.41 Å². The minimum absolute atomic E-state index is 0.370. The maximum absolute atomic E-state index is 3.34. The van der Waals surface area contributed by atoms with E-state index in [9.17, 15) is 0 Å². The van der Waals surface area contributed by atoms with Gasteiger partial charge in [-0.3, -0.25) is 0 Å². The smallest absolute Gasteiger partial charge is 0.0456 e. The summed E-state index contributed by atoms with van der Waals surface area (Å²) in [5.74, 6) is 0. The highest BCUT2D eigenvalue weighted by molar-refractivity contribution is 5.83. The van der Waals surface area contributed by atoms with E-state index < -0.39 is 0 Å². The van der Waals surface area contributed by atoms with E-state index in [1.165, 1.54) is 16.5 Å². The molecule has 0 amide bonds. The molecular formula is C16H24N2. The first-order valence-corrected chi connectivity index (χ1v) is 6.69. The number of H-pyrrole nitrogens is 1. The molecule has 0 aliphatic rings. The summed E-state index contributed by atoms with van der Waals surface area (Å²) < 4.78 is 0. The number of likely N-dealkylation sites (N-methyl/N-ethyl adjacent to an activating group) is 1. The Morgan fingerprint density at radius 1 is 1.17 bits per heavy atom. The zero-order valence-electron chi connectivity index (χ0n) is 12.0. The molecule has 2 aromatic rings. The van der Waals surface area contributed by atoms with Crippen molar-refractivity contribution < 1.29 is 0 Å². The van der Waals surface area contributed by atoms with E-state index in [2.05, 4.69) is 68.2 Å². The van der Waals surface area contributed by atoms with E-state index in [0.29, 0.717) is 5.41 Å². The summed E-state index contributed by atoms with van der Waals surface area (Å²) in [4.78, 5) is 5.76. The van der Waals surface area contributed by atoms with E-state index in [1.807, 2.05) is 0 Å². The molecule has 2 nitrogen and oxygen atoms in total. The highest BCUT2D eigenvalue weighted by Crippen LogP contribution is 2.19. The molecule has 0 unspecified atom stereocenters. The maximum Gasteiger partial charge on any atom is 0.0456 e. The molecule has 0 saturated heterocycles. The molecule has 0 fully saturated rings. The average Bonchev–Trinajstić information content (AvgIpc) is 2.67. The third-order valence-corrected chi connectivity index (χ3v) is 3.18. The first-order chi connectivity index (χ1) is 8.46. The lowest BCUT2D eigenvalue weighted by Gasteiger charge is -2.26. The van der Waals surface area contributed by atoms with Gasteiger partial charge in [-0.1, -0.05) is 39.0 Å². The normalized spacial score (nSPS) is 12.5. The van der Waals surface area contributed by atoms with Crippen molar-refractivity contribution in [1.29, 1.82) is 0 Å². The van der Waals surface area contributed by atoms with Gasteiger partial charge < -0.3 is 9.88 Å². The van der Waals surface area contributed by atoms with Crippen LogP contribution in [0.2, 0.25) is 0 Å². The van der Waals surface area contributed by atoms with E-state index >= 15 is 0 Å². The summed E-state index contributed by atoms with van der Waals surface area (Å²) in [6.07, 6.45) is 3.26. The molecule has 0 spiro atoms. The molecule has 0 aliphatic heterocycles. The molecule has 0 aliphatic carbocycles. The van der Waals surface area contributed by atoms with Gasteiger partial charge in [-0.2, -0.15) is 0 Å².